The zero-order chi connectivity index (χ0) is 11.3. The van der Waals surface area contributed by atoms with Gasteiger partial charge >= 0.3 is 6.01 Å². The maximum Gasteiger partial charge on any atom is 0.316 e. The first-order valence-electron chi connectivity index (χ1n) is 5.20. The molecule has 0 spiro atoms. The van der Waals surface area contributed by atoms with Crippen LogP contribution in [0.3, 0.4) is 0 Å². The van der Waals surface area contributed by atoms with E-state index in [0.717, 1.165) is 24.2 Å². The summed E-state index contributed by atoms with van der Waals surface area (Å²) in [7, 11) is 3.51. The second-order valence-corrected chi connectivity index (χ2v) is 3.96. The molecule has 0 unspecified atom stereocenters. The molecule has 1 heterocycles. The largest absolute Gasteiger partial charge is 0.467 e. The Bertz CT molecular complexity index is 313. The van der Waals surface area contributed by atoms with Crippen LogP contribution in [0.4, 0.5) is 0 Å². The van der Waals surface area contributed by atoms with E-state index in [1.807, 2.05) is 13.2 Å². The van der Waals surface area contributed by atoms with E-state index < -0.39 is 0 Å². The van der Waals surface area contributed by atoms with Crippen molar-refractivity contribution < 1.29 is 4.74 Å². The number of aromatic nitrogens is 2. The van der Waals surface area contributed by atoms with Crippen molar-refractivity contribution in [1.29, 1.82) is 0 Å². The second-order valence-electron chi connectivity index (χ2n) is 3.96. The lowest BCUT2D eigenvalue weighted by Crippen LogP contribution is -2.12. The van der Waals surface area contributed by atoms with E-state index in [1.54, 1.807) is 7.11 Å². The summed E-state index contributed by atoms with van der Waals surface area (Å²) in [5.74, 6) is 0.584. The molecule has 0 aliphatic rings. The zero-order valence-electron chi connectivity index (χ0n) is 9.87. The molecule has 0 aliphatic heterocycles. The van der Waals surface area contributed by atoms with Crippen LogP contribution in [0, 0.1) is 5.92 Å². The SMILES string of the molecule is CNCc1cnc(OC)nc1CC(C)C. The molecule has 0 bridgehead atoms. The van der Waals surface area contributed by atoms with Gasteiger partial charge in [0, 0.05) is 18.3 Å². The first-order chi connectivity index (χ1) is 7.17. The van der Waals surface area contributed by atoms with E-state index in [-0.39, 0.29) is 0 Å². The van der Waals surface area contributed by atoms with Gasteiger partial charge in [-0.3, -0.25) is 0 Å². The van der Waals surface area contributed by atoms with Crippen molar-refractivity contribution in [2.45, 2.75) is 26.8 Å². The van der Waals surface area contributed by atoms with Gasteiger partial charge in [-0.05, 0) is 19.4 Å². The highest BCUT2D eigenvalue weighted by atomic mass is 16.5. The highest BCUT2D eigenvalue weighted by Crippen LogP contribution is 2.13. The zero-order valence-corrected chi connectivity index (χ0v) is 9.87. The Morgan fingerprint density at radius 1 is 1.47 bits per heavy atom. The summed E-state index contributed by atoms with van der Waals surface area (Å²) < 4.78 is 5.03. The lowest BCUT2D eigenvalue weighted by molar-refractivity contribution is 0.376. The maximum atomic E-state index is 5.03. The summed E-state index contributed by atoms with van der Waals surface area (Å²) in [6, 6.07) is 0.450. The Hall–Kier alpha value is -1.16. The topological polar surface area (TPSA) is 47.0 Å². The van der Waals surface area contributed by atoms with Crippen LogP contribution in [0.25, 0.3) is 0 Å². The van der Waals surface area contributed by atoms with E-state index >= 15 is 0 Å². The van der Waals surface area contributed by atoms with Gasteiger partial charge in [-0.25, -0.2) is 4.98 Å². The molecule has 0 fully saturated rings. The predicted octanol–water partition coefficient (Wildman–Crippen LogP) is 1.40. The maximum absolute atomic E-state index is 5.03. The molecule has 15 heavy (non-hydrogen) atoms. The molecule has 0 aliphatic carbocycles. The number of rotatable bonds is 5. The first kappa shape index (κ1) is 11.9. The second kappa shape index (κ2) is 5.66. The Morgan fingerprint density at radius 2 is 2.20 bits per heavy atom. The highest BCUT2D eigenvalue weighted by molar-refractivity contribution is 5.19. The third-order valence-corrected chi connectivity index (χ3v) is 2.08. The van der Waals surface area contributed by atoms with Crippen LogP contribution in [-0.4, -0.2) is 24.1 Å². The lowest BCUT2D eigenvalue weighted by atomic mass is 10.0. The van der Waals surface area contributed by atoms with Gasteiger partial charge in [0.05, 0.1) is 12.8 Å². The molecule has 84 valence electrons. The minimum Gasteiger partial charge on any atom is -0.467 e. The number of ether oxygens (including phenoxy) is 1. The summed E-state index contributed by atoms with van der Waals surface area (Å²) in [5.41, 5.74) is 2.22. The smallest absolute Gasteiger partial charge is 0.316 e. The Kier molecular flexibility index (Phi) is 4.49. The molecule has 0 saturated heterocycles. The van der Waals surface area contributed by atoms with Crippen LogP contribution in [0.1, 0.15) is 25.1 Å². The number of methoxy groups -OCH3 is 1. The van der Waals surface area contributed by atoms with Crippen molar-refractivity contribution in [1.82, 2.24) is 15.3 Å². The highest BCUT2D eigenvalue weighted by Gasteiger charge is 2.08. The van der Waals surface area contributed by atoms with Crippen LogP contribution in [-0.2, 0) is 13.0 Å². The normalized spacial score (nSPS) is 10.7. The van der Waals surface area contributed by atoms with Crippen LogP contribution >= 0.6 is 0 Å². The van der Waals surface area contributed by atoms with Gasteiger partial charge in [0.25, 0.3) is 0 Å². The number of nitrogens with zero attached hydrogens (tertiary/aromatic N) is 2. The van der Waals surface area contributed by atoms with Gasteiger partial charge < -0.3 is 10.1 Å². The molecule has 1 rings (SSSR count). The van der Waals surface area contributed by atoms with Crippen molar-refractivity contribution in [2.24, 2.45) is 5.92 Å². The standard InChI is InChI=1S/C11H19N3O/c1-8(2)5-10-9(6-12-3)7-13-11(14-10)15-4/h7-8,12H,5-6H2,1-4H3. The van der Waals surface area contributed by atoms with Crippen molar-refractivity contribution in [3.63, 3.8) is 0 Å². The fraction of sp³-hybridized carbons (Fsp3) is 0.636. The lowest BCUT2D eigenvalue weighted by Gasteiger charge is -2.10. The summed E-state index contributed by atoms with van der Waals surface area (Å²) in [6.07, 6.45) is 2.79. The molecular formula is C11H19N3O. The van der Waals surface area contributed by atoms with E-state index in [1.165, 1.54) is 0 Å². The molecule has 1 aromatic heterocycles. The minimum absolute atomic E-state index is 0.450. The third kappa shape index (κ3) is 3.47. The third-order valence-electron chi connectivity index (χ3n) is 2.08. The van der Waals surface area contributed by atoms with Crippen molar-refractivity contribution in [3.8, 4) is 6.01 Å². The molecule has 1 aromatic rings. The number of hydrogen-bond acceptors (Lipinski definition) is 4. The number of hydrogen-bond donors (Lipinski definition) is 1. The van der Waals surface area contributed by atoms with Crippen LogP contribution in [0.15, 0.2) is 6.20 Å². The van der Waals surface area contributed by atoms with Gasteiger partial charge in [-0.2, -0.15) is 4.98 Å². The Balaban J connectivity index is 2.93. The van der Waals surface area contributed by atoms with Gasteiger partial charge in [-0.1, -0.05) is 13.8 Å². The number of nitrogens with one attached hydrogen (secondary N) is 1. The quantitative estimate of drug-likeness (QED) is 0.796. The van der Waals surface area contributed by atoms with Gasteiger partial charge in [0.2, 0.25) is 0 Å². The van der Waals surface area contributed by atoms with Crippen LogP contribution in [0.2, 0.25) is 0 Å². The van der Waals surface area contributed by atoms with E-state index in [9.17, 15) is 0 Å². The molecule has 0 aromatic carbocycles. The Morgan fingerprint density at radius 3 is 2.73 bits per heavy atom. The fourth-order valence-corrected chi connectivity index (χ4v) is 1.42. The molecule has 4 heteroatoms. The average Bonchev–Trinajstić information content (AvgIpc) is 2.20. The molecule has 0 atom stereocenters. The van der Waals surface area contributed by atoms with Crippen molar-refractivity contribution in [2.75, 3.05) is 14.2 Å². The average molecular weight is 209 g/mol. The molecular weight excluding hydrogens is 190 g/mol. The molecule has 1 N–H and O–H groups in total. The fourth-order valence-electron chi connectivity index (χ4n) is 1.42. The van der Waals surface area contributed by atoms with Gasteiger partial charge in [-0.15, -0.1) is 0 Å². The molecule has 0 amide bonds. The summed E-state index contributed by atoms with van der Waals surface area (Å²) >= 11 is 0. The van der Waals surface area contributed by atoms with Crippen molar-refractivity contribution in [3.05, 3.63) is 17.5 Å². The van der Waals surface area contributed by atoms with E-state index in [4.69, 9.17) is 4.74 Å². The van der Waals surface area contributed by atoms with E-state index in [2.05, 4.69) is 29.1 Å². The van der Waals surface area contributed by atoms with Gasteiger partial charge in [0.1, 0.15) is 0 Å². The summed E-state index contributed by atoms with van der Waals surface area (Å²) in [4.78, 5) is 8.49. The minimum atomic E-state index is 0.450. The molecule has 4 nitrogen and oxygen atoms in total. The van der Waals surface area contributed by atoms with Crippen molar-refractivity contribution >= 4 is 0 Å². The van der Waals surface area contributed by atoms with Gasteiger partial charge in [0.15, 0.2) is 0 Å². The van der Waals surface area contributed by atoms with Crippen LogP contribution in [0.5, 0.6) is 6.01 Å². The molecule has 0 saturated carbocycles. The molecule has 0 radical (unpaired) electrons. The summed E-state index contributed by atoms with van der Waals surface area (Å²) in [6.45, 7) is 5.15. The van der Waals surface area contributed by atoms with E-state index in [0.29, 0.717) is 11.9 Å². The monoisotopic (exact) mass is 209 g/mol. The Labute approximate surface area is 91.1 Å². The first-order valence-corrected chi connectivity index (χ1v) is 5.20. The summed E-state index contributed by atoms with van der Waals surface area (Å²) in [5, 5.41) is 3.11. The van der Waals surface area contributed by atoms with Crippen LogP contribution < -0.4 is 10.1 Å². The predicted molar refractivity (Wildman–Crippen MR) is 59.9 cm³/mol.